The molecule has 35 heavy (non-hydrogen) atoms. The third-order valence-corrected chi connectivity index (χ3v) is 6.59. The number of unbranched alkanes of at least 4 members (excludes halogenated alkanes) is 1. The molecule has 0 fully saturated rings. The van der Waals surface area contributed by atoms with Gasteiger partial charge in [-0.05, 0) is 63.9 Å². The van der Waals surface area contributed by atoms with Gasteiger partial charge in [-0.15, -0.1) is 5.10 Å². The van der Waals surface area contributed by atoms with Crippen LogP contribution in [0.4, 0.5) is 11.6 Å². The minimum absolute atomic E-state index is 0.0448. The molecule has 0 radical (unpaired) electrons. The monoisotopic (exact) mass is 491 g/mol. The number of hydrogen-bond acceptors (Lipinski definition) is 6. The third-order valence-electron chi connectivity index (χ3n) is 5.66. The van der Waals surface area contributed by atoms with Crippen LogP contribution < -0.4 is 15.4 Å². The van der Waals surface area contributed by atoms with E-state index in [2.05, 4.69) is 17.6 Å². The lowest BCUT2D eigenvalue weighted by Crippen LogP contribution is -2.31. The zero-order valence-corrected chi connectivity index (χ0v) is 21.8. The van der Waals surface area contributed by atoms with Gasteiger partial charge in [0.05, 0.1) is 11.7 Å². The predicted octanol–water partition coefficient (Wildman–Crippen LogP) is 6.19. The number of nitrogens with zero attached hydrogens (tertiary/aromatic N) is 3. The first kappa shape index (κ1) is 24.9. The summed E-state index contributed by atoms with van der Waals surface area (Å²) in [5.41, 5.74) is 4.14. The fraction of sp³-hybridized carbons (Fsp3) is 0.370. The molecular formula is C27H33N5O2S. The van der Waals surface area contributed by atoms with E-state index in [4.69, 9.17) is 14.8 Å². The number of aryl methyl sites for hydroxylation is 1. The Labute approximate surface area is 211 Å². The number of nitrogens with one attached hydrogen (secondary N) is 2. The van der Waals surface area contributed by atoms with Gasteiger partial charge >= 0.3 is 0 Å². The number of amides is 1. The van der Waals surface area contributed by atoms with Crippen molar-refractivity contribution in [3.05, 3.63) is 70.9 Å². The molecule has 8 heteroatoms. The van der Waals surface area contributed by atoms with Crippen molar-refractivity contribution < 1.29 is 9.53 Å². The van der Waals surface area contributed by atoms with E-state index in [0.717, 1.165) is 46.9 Å². The third kappa shape index (κ3) is 5.88. The molecule has 7 nitrogen and oxygen atoms in total. The second-order valence-corrected chi connectivity index (χ2v) is 10.1. The van der Waals surface area contributed by atoms with Gasteiger partial charge in [0.2, 0.25) is 11.1 Å². The number of allylic oxidation sites excluding steroid dienone is 1. The molecule has 1 unspecified atom stereocenters. The Hall–Kier alpha value is -3.26. The molecular weight excluding hydrogens is 458 g/mol. The highest BCUT2D eigenvalue weighted by Gasteiger charge is 2.34. The zero-order valence-electron chi connectivity index (χ0n) is 21.0. The maximum atomic E-state index is 13.6. The van der Waals surface area contributed by atoms with E-state index in [-0.39, 0.29) is 12.0 Å². The number of benzene rings is 2. The largest absolute Gasteiger partial charge is 0.491 e. The summed E-state index contributed by atoms with van der Waals surface area (Å²) < 4.78 is 7.77. The van der Waals surface area contributed by atoms with Crippen molar-refractivity contribution in [2.24, 2.45) is 0 Å². The lowest BCUT2D eigenvalue weighted by molar-refractivity contribution is -0.113. The highest BCUT2D eigenvalue weighted by molar-refractivity contribution is 7.99. The van der Waals surface area contributed by atoms with Crippen molar-refractivity contribution in [1.29, 1.82) is 0 Å². The van der Waals surface area contributed by atoms with Crippen molar-refractivity contribution in [3.8, 4) is 5.75 Å². The second-order valence-electron chi connectivity index (χ2n) is 8.99. The molecule has 0 spiro atoms. The number of aromatic nitrogens is 3. The first-order chi connectivity index (χ1) is 16.9. The van der Waals surface area contributed by atoms with Crippen LogP contribution in [-0.2, 0) is 4.79 Å². The highest BCUT2D eigenvalue weighted by atomic mass is 32.2. The lowest BCUT2D eigenvalue weighted by atomic mass is 9.94. The fourth-order valence-corrected chi connectivity index (χ4v) is 4.88. The molecule has 0 aliphatic carbocycles. The lowest BCUT2D eigenvalue weighted by Gasteiger charge is -2.29. The van der Waals surface area contributed by atoms with Gasteiger partial charge in [0.1, 0.15) is 11.8 Å². The zero-order chi connectivity index (χ0) is 24.9. The van der Waals surface area contributed by atoms with Crippen LogP contribution in [0, 0.1) is 6.92 Å². The van der Waals surface area contributed by atoms with Gasteiger partial charge in [0.15, 0.2) is 0 Å². The Bertz CT molecular complexity index is 1220. The molecule has 184 valence electrons. The van der Waals surface area contributed by atoms with Gasteiger partial charge in [-0.2, -0.15) is 4.98 Å². The van der Waals surface area contributed by atoms with Gasteiger partial charge in [-0.1, -0.05) is 54.9 Å². The highest BCUT2D eigenvalue weighted by Crippen LogP contribution is 2.38. The summed E-state index contributed by atoms with van der Waals surface area (Å²) in [5, 5.41) is 11.9. The van der Waals surface area contributed by atoms with Crippen molar-refractivity contribution in [1.82, 2.24) is 14.8 Å². The van der Waals surface area contributed by atoms with Crippen LogP contribution in [0.2, 0.25) is 0 Å². The molecule has 3 aromatic rings. The number of carbonyl (C=O) groups is 1. The normalized spacial score (nSPS) is 15.1. The van der Waals surface area contributed by atoms with Gasteiger partial charge in [-0.25, -0.2) is 4.68 Å². The quantitative estimate of drug-likeness (QED) is 0.274. The van der Waals surface area contributed by atoms with Crippen LogP contribution in [0.5, 0.6) is 5.75 Å². The summed E-state index contributed by atoms with van der Waals surface area (Å²) in [6, 6.07) is 15.2. The predicted molar refractivity (Wildman–Crippen MR) is 142 cm³/mol. The van der Waals surface area contributed by atoms with Crippen LogP contribution in [-0.4, -0.2) is 32.5 Å². The summed E-state index contributed by atoms with van der Waals surface area (Å²) in [6.45, 7) is 10.1. The standard InChI is InChI=1S/C27H33N5O2S/c1-6-7-15-35-27-30-26-28-19(5)23(25(33)29-21-13-11-18(4)12-14-21)24(32(26)31-27)20-9-8-10-22(16-20)34-17(2)3/h8-14,16-17,24H,6-7,15H2,1-5H3,(H,29,33)(H,28,30,31). The molecule has 0 saturated carbocycles. The Kier molecular flexibility index (Phi) is 7.80. The van der Waals surface area contributed by atoms with Gasteiger partial charge < -0.3 is 15.4 Å². The molecule has 1 aromatic heterocycles. The topological polar surface area (TPSA) is 81.1 Å². The van der Waals surface area contributed by atoms with Crippen molar-refractivity contribution in [2.75, 3.05) is 16.4 Å². The minimum atomic E-state index is -0.444. The maximum absolute atomic E-state index is 13.6. The Balaban J connectivity index is 1.73. The molecule has 0 bridgehead atoms. The van der Waals surface area contributed by atoms with Crippen LogP contribution >= 0.6 is 11.8 Å². The van der Waals surface area contributed by atoms with Gasteiger partial charge in [0.25, 0.3) is 5.91 Å². The van der Waals surface area contributed by atoms with E-state index in [1.54, 1.807) is 11.8 Å². The molecule has 4 rings (SSSR count). The van der Waals surface area contributed by atoms with E-state index < -0.39 is 6.04 Å². The molecule has 1 amide bonds. The summed E-state index contributed by atoms with van der Waals surface area (Å²) in [6.07, 6.45) is 2.26. The number of thioether (sulfide) groups is 1. The second kappa shape index (κ2) is 11.0. The van der Waals surface area contributed by atoms with E-state index in [0.29, 0.717) is 16.7 Å². The summed E-state index contributed by atoms with van der Waals surface area (Å²) in [4.78, 5) is 18.3. The molecule has 1 aliphatic heterocycles. The first-order valence-corrected chi connectivity index (χ1v) is 13.1. The summed E-state index contributed by atoms with van der Waals surface area (Å²) >= 11 is 1.64. The minimum Gasteiger partial charge on any atom is -0.491 e. The van der Waals surface area contributed by atoms with Crippen LogP contribution in [0.25, 0.3) is 0 Å². The first-order valence-electron chi connectivity index (χ1n) is 12.1. The van der Waals surface area contributed by atoms with Crippen molar-refractivity contribution in [2.45, 2.75) is 64.8 Å². The number of carbonyl (C=O) groups excluding carboxylic acids is 1. The number of ether oxygens (including phenoxy) is 1. The molecule has 1 aliphatic rings. The molecule has 2 heterocycles. The smallest absolute Gasteiger partial charge is 0.255 e. The number of rotatable bonds is 9. The fourth-order valence-electron chi connectivity index (χ4n) is 3.97. The SMILES string of the molecule is CCCCSc1nc2n(n1)C(c1cccc(OC(C)C)c1)C(C(=O)Nc1ccc(C)cc1)=C(C)N2. The summed E-state index contributed by atoms with van der Waals surface area (Å²) in [5.74, 6) is 2.16. The molecule has 0 saturated heterocycles. The number of anilines is 2. The Morgan fingerprint density at radius 3 is 2.69 bits per heavy atom. The molecule has 2 N–H and O–H groups in total. The van der Waals surface area contributed by atoms with Crippen molar-refractivity contribution >= 4 is 29.3 Å². The molecule has 1 atom stereocenters. The van der Waals surface area contributed by atoms with Crippen LogP contribution in [0.3, 0.4) is 0 Å². The van der Waals surface area contributed by atoms with Gasteiger partial charge in [-0.3, -0.25) is 4.79 Å². The molecule has 2 aromatic carbocycles. The Morgan fingerprint density at radius 2 is 1.97 bits per heavy atom. The average Bonchev–Trinajstić information content (AvgIpc) is 3.21. The van der Waals surface area contributed by atoms with E-state index in [1.165, 1.54) is 0 Å². The van der Waals surface area contributed by atoms with E-state index in [1.807, 2.05) is 80.9 Å². The van der Waals surface area contributed by atoms with Crippen molar-refractivity contribution in [3.63, 3.8) is 0 Å². The van der Waals surface area contributed by atoms with E-state index in [9.17, 15) is 4.79 Å². The maximum Gasteiger partial charge on any atom is 0.255 e. The Morgan fingerprint density at radius 1 is 1.20 bits per heavy atom. The van der Waals surface area contributed by atoms with Crippen LogP contribution in [0.1, 0.15) is 57.7 Å². The number of hydrogen-bond donors (Lipinski definition) is 2. The van der Waals surface area contributed by atoms with Gasteiger partial charge in [0, 0.05) is 17.1 Å². The number of fused-ring (bicyclic) bond motifs is 1. The summed E-state index contributed by atoms with van der Waals surface area (Å²) in [7, 11) is 0. The van der Waals surface area contributed by atoms with E-state index >= 15 is 0 Å². The van der Waals surface area contributed by atoms with Crippen LogP contribution in [0.15, 0.2) is 65.0 Å². The average molecular weight is 492 g/mol.